The molecule has 7 heteroatoms. The summed E-state index contributed by atoms with van der Waals surface area (Å²) < 4.78 is 7.13. The fraction of sp³-hybridized carbons (Fsp3) is 0.350. The molecule has 0 unspecified atom stereocenters. The Hall–Kier alpha value is -2.95. The molecule has 0 aliphatic carbocycles. The molecule has 3 N–H and O–H groups in total. The molecule has 3 aromatic rings. The number of benzene rings is 1. The van der Waals surface area contributed by atoms with Gasteiger partial charge in [-0.1, -0.05) is 11.8 Å². The highest BCUT2D eigenvalue weighted by molar-refractivity contribution is 5.79. The summed E-state index contributed by atoms with van der Waals surface area (Å²) in [6.07, 6.45) is 3.20. The molecule has 140 valence electrons. The molecule has 0 spiro atoms. The van der Waals surface area contributed by atoms with Crippen LogP contribution in [0, 0.1) is 11.8 Å². The third-order valence-corrected chi connectivity index (χ3v) is 3.87. The van der Waals surface area contributed by atoms with Gasteiger partial charge in [0.05, 0.1) is 11.0 Å². The number of nitrogens with two attached hydrogens (primary N) is 1. The lowest BCUT2D eigenvalue weighted by Gasteiger charge is -2.09. The quantitative estimate of drug-likeness (QED) is 0.531. The first kappa shape index (κ1) is 18.8. The van der Waals surface area contributed by atoms with Gasteiger partial charge in [0.2, 0.25) is 5.95 Å². The molecule has 1 aromatic carbocycles. The summed E-state index contributed by atoms with van der Waals surface area (Å²) in [5.41, 5.74) is 7.23. The number of aryl methyl sites for hydroxylation is 1. The number of nitrogens with zero attached hydrogens (tertiary/aromatic N) is 4. The van der Waals surface area contributed by atoms with Gasteiger partial charge >= 0.3 is 0 Å². The van der Waals surface area contributed by atoms with Crippen molar-refractivity contribution < 1.29 is 9.84 Å². The van der Waals surface area contributed by atoms with E-state index in [-0.39, 0.29) is 5.95 Å². The third-order valence-electron chi connectivity index (χ3n) is 3.87. The number of rotatable bonds is 5. The van der Waals surface area contributed by atoms with Crippen molar-refractivity contribution in [3.63, 3.8) is 0 Å². The Labute approximate surface area is 158 Å². The zero-order valence-electron chi connectivity index (χ0n) is 15.7. The summed E-state index contributed by atoms with van der Waals surface area (Å²) in [6.45, 7) is 3.96. The van der Waals surface area contributed by atoms with Crippen LogP contribution >= 0.6 is 0 Å². The molecule has 0 saturated carbocycles. The number of ether oxygens (including phenoxy) is 1. The molecule has 27 heavy (non-hydrogen) atoms. The lowest BCUT2D eigenvalue weighted by atomic mass is 10.1. The van der Waals surface area contributed by atoms with Gasteiger partial charge in [0.1, 0.15) is 17.2 Å². The molecular weight excluding hydrogens is 342 g/mol. The van der Waals surface area contributed by atoms with Gasteiger partial charge in [-0.3, -0.25) is 4.57 Å². The van der Waals surface area contributed by atoms with Crippen molar-refractivity contribution in [2.24, 2.45) is 0 Å². The Kier molecular flexibility index (Phi) is 5.40. The van der Waals surface area contributed by atoms with Gasteiger partial charge in [0, 0.05) is 31.9 Å². The van der Waals surface area contributed by atoms with Crippen LogP contribution in [0.4, 0.5) is 5.95 Å². The predicted octanol–water partition coefficient (Wildman–Crippen LogP) is 2.10. The highest BCUT2D eigenvalue weighted by atomic mass is 16.5. The average molecular weight is 365 g/mol. The van der Waals surface area contributed by atoms with Gasteiger partial charge < -0.3 is 15.6 Å². The first-order valence-electron chi connectivity index (χ1n) is 8.72. The normalized spacial score (nSPS) is 11.4. The zero-order chi connectivity index (χ0) is 19.4. The van der Waals surface area contributed by atoms with Crippen LogP contribution in [0.25, 0.3) is 16.9 Å². The number of nitrogen functional groups attached to an aromatic ring is 1. The number of hydrogen-bond acceptors (Lipinski definition) is 6. The maximum atomic E-state index is 9.85. The molecular formula is C20H23N5O2. The highest BCUT2D eigenvalue weighted by Gasteiger charge is 2.14. The summed E-state index contributed by atoms with van der Waals surface area (Å²) in [5, 5.41) is 9.85. The molecule has 0 bridgehead atoms. The Balaban J connectivity index is 2.13. The van der Waals surface area contributed by atoms with Crippen LogP contribution in [0.5, 0.6) is 0 Å². The van der Waals surface area contributed by atoms with E-state index < -0.39 is 5.60 Å². The van der Waals surface area contributed by atoms with E-state index in [9.17, 15) is 5.11 Å². The van der Waals surface area contributed by atoms with Crippen LogP contribution in [0.3, 0.4) is 0 Å². The molecule has 0 atom stereocenters. The second-order valence-electron chi connectivity index (χ2n) is 6.75. The Bertz CT molecular complexity index is 1010. The number of fused-ring (bicyclic) bond motifs is 1. The second-order valence-corrected chi connectivity index (χ2v) is 6.75. The maximum absolute atomic E-state index is 9.85. The minimum Gasteiger partial charge on any atom is -0.385 e. The van der Waals surface area contributed by atoms with E-state index in [1.54, 1.807) is 33.2 Å². The Morgan fingerprint density at radius 2 is 2.07 bits per heavy atom. The SMILES string of the molecule is COCCCc1nc2ccc(C#CC(C)(C)O)cc2n1-c1ccnc(N)n1. The van der Waals surface area contributed by atoms with E-state index in [2.05, 4.69) is 21.8 Å². The van der Waals surface area contributed by atoms with Crippen molar-refractivity contribution in [2.75, 3.05) is 19.5 Å². The van der Waals surface area contributed by atoms with Gasteiger partial charge in [-0.15, -0.1) is 0 Å². The topological polar surface area (TPSA) is 99.1 Å². The highest BCUT2D eigenvalue weighted by Crippen LogP contribution is 2.23. The van der Waals surface area contributed by atoms with E-state index >= 15 is 0 Å². The van der Waals surface area contributed by atoms with Crippen LogP contribution in [-0.2, 0) is 11.2 Å². The number of imidazole rings is 1. The van der Waals surface area contributed by atoms with E-state index in [1.165, 1.54) is 0 Å². The summed E-state index contributed by atoms with van der Waals surface area (Å²) in [5.74, 6) is 7.57. The minimum atomic E-state index is -1.05. The largest absolute Gasteiger partial charge is 0.385 e. The predicted molar refractivity (Wildman–Crippen MR) is 104 cm³/mol. The maximum Gasteiger partial charge on any atom is 0.221 e. The molecule has 0 radical (unpaired) electrons. The summed E-state index contributed by atoms with van der Waals surface area (Å²) in [6, 6.07) is 7.56. The first-order chi connectivity index (χ1) is 12.9. The van der Waals surface area contributed by atoms with Crippen LogP contribution in [0.1, 0.15) is 31.7 Å². The van der Waals surface area contributed by atoms with Crippen LogP contribution in [0.2, 0.25) is 0 Å². The number of aromatic nitrogens is 4. The molecule has 0 aliphatic heterocycles. The van der Waals surface area contributed by atoms with Crippen molar-refractivity contribution >= 4 is 17.0 Å². The number of aliphatic hydroxyl groups is 1. The van der Waals surface area contributed by atoms with Crippen molar-refractivity contribution in [3.05, 3.63) is 41.9 Å². The van der Waals surface area contributed by atoms with Gasteiger partial charge in [-0.2, -0.15) is 4.98 Å². The van der Waals surface area contributed by atoms with Crippen LogP contribution in [-0.4, -0.2) is 43.9 Å². The van der Waals surface area contributed by atoms with E-state index in [4.69, 9.17) is 15.5 Å². The summed E-state index contributed by atoms with van der Waals surface area (Å²) >= 11 is 0. The van der Waals surface area contributed by atoms with Crippen molar-refractivity contribution in [3.8, 4) is 17.7 Å². The lowest BCUT2D eigenvalue weighted by molar-refractivity contribution is 0.143. The number of hydrogen-bond donors (Lipinski definition) is 2. The van der Waals surface area contributed by atoms with E-state index in [0.717, 1.165) is 35.3 Å². The zero-order valence-corrected chi connectivity index (χ0v) is 15.7. The number of anilines is 1. The van der Waals surface area contributed by atoms with E-state index in [0.29, 0.717) is 12.4 Å². The Morgan fingerprint density at radius 1 is 1.26 bits per heavy atom. The molecule has 0 fully saturated rings. The van der Waals surface area contributed by atoms with Crippen molar-refractivity contribution in [1.82, 2.24) is 19.5 Å². The molecule has 2 heterocycles. The fourth-order valence-corrected chi connectivity index (χ4v) is 2.71. The van der Waals surface area contributed by atoms with Gasteiger partial charge in [0.15, 0.2) is 0 Å². The minimum absolute atomic E-state index is 0.204. The molecule has 0 saturated heterocycles. The molecule has 7 nitrogen and oxygen atoms in total. The van der Waals surface area contributed by atoms with Crippen LogP contribution in [0.15, 0.2) is 30.5 Å². The second kappa shape index (κ2) is 7.74. The van der Waals surface area contributed by atoms with Gasteiger partial charge in [-0.05, 0) is 44.5 Å². The average Bonchev–Trinajstić information content (AvgIpc) is 2.97. The smallest absolute Gasteiger partial charge is 0.221 e. The summed E-state index contributed by atoms with van der Waals surface area (Å²) in [7, 11) is 1.68. The van der Waals surface area contributed by atoms with E-state index in [1.807, 2.05) is 22.8 Å². The Morgan fingerprint density at radius 3 is 2.78 bits per heavy atom. The first-order valence-corrected chi connectivity index (χ1v) is 8.72. The molecule has 0 amide bonds. The molecule has 2 aromatic heterocycles. The monoisotopic (exact) mass is 365 g/mol. The summed E-state index contributed by atoms with van der Waals surface area (Å²) in [4.78, 5) is 13.1. The standard InChI is InChI=1S/C20H23N5O2/c1-20(2,26)10-8-14-6-7-15-16(13-14)25(17(23-15)5-4-12-27-3)18-9-11-22-19(21)24-18/h6-7,9,11,13,26H,4-5,12H2,1-3H3,(H2,21,22,24). The van der Waals surface area contributed by atoms with Gasteiger partial charge in [-0.25, -0.2) is 9.97 Å². The van der Waals surface area contributed by atoms with Gasteiger partial charge in [0.25, 0.3) is 0 Å². The fourth-order valence-electron chi connectivity index (χ4n) is 2.71. The molecule has 3 rings (SSSR count). The lowest BCUT2D eigenvalue weighted by Crippen LogP contribution is -2.14. The number of methoxy groups -OCH3 is 1. The molecule has 0 aliphatic rings. The van der Waals surface area contributed by atoms with Crippen molar-refractivity contribution in [2.45, 2.75) is 32.3 Å². The van der Waals surface area contributed by atoms with Crippen molar-refractivity contribution in [1.29, 1.82) is 0 Å². The third kappa shape index (κ3) is 4.61. The van der Waals surface area contributed by atoms with Crippen LogP contribution < -0.4 is 5.73 Å².